The SMILES string of the molecule is CC[N+](CC)=C1C(c2ccccc2)=C(SC)C1(C)[Si](C)(C)C.F[B-](F)(F)F. The zero-order valence-corrected chi connectivity index (χ0v) is 19.1. The summed E-state index contributed by atoms with van der Waals surface area (Å²) in [6.45, 7) is 16.7. The Kier molecular flexibility index (Phi) is 8.00. The number of nitrogens with zero attached hydrogens (tertiary/aromatic N) is 1. The van der Waals surface area contributed by atoms with Gasteiger partial charge in [-0.2, -0.15) is 0 Å². The summed E-state index contributed by atoms with van der Waals surface area (Å²) in [5, 5.41) is 0.267. The molecular weight excluding hydrogens is 389 g/mol. The molecule has 1 nitrogen and oxygen atoms in total. The summed E-state index contributed by atoms with van der Waals surface area (Å²) in [4.78, 5) is 1.60. The van der Waals surface area contributed by atoms with Gasteiger partial charge in [0.2, 0.25) is 0 Å². The molecule has 0 saturated carbocycles. The predicted octanol–water partition coefficient (Wildman–Crippen LogP) is 6.67. The first-order valence-corrected chi connectivity index (χ1v) is 13.9. The Bertz CT molecular complexity index is 699. The molecule has 2 rings (SSSR count). The molecule has 1 atom stereocenters. The van der Waals surface area contributed by atoms with E-state index in [9.17, 15) is 17.3 Å². The van der Waals surface area contributed by atoms with Crippen molar-refractivity contribution in [2.75, 3.05) is 19.3 Å². The Morgan fingerprint density at radius 1 is 1.00 bits per heavy atom. The van der Waals surface area contributed by atoms with Gasteiger partial charge in [-0.05, 0) is 32.6 Å². The van der Waals surface area contributed by atoms with E-state index in [-0.39, 0.29) is 5.04 Å². The van der Waals surface area contributed by atoms with Crippen molar-refractivity contribution in [3.63, 3.8) is 0 Å². The van der Waals surface area contributed by atoms with Crippen LogP contribution in [0.4, 0.5) is 17.3 Å². The number of benzene rings is 1. The third kappa shape index (κ3) is 5.28. The Balaban J connectivity index is 0.000000646. The minimum absolute atomic E-state index is 0.267. The van der Waals surface area contributed by atoms with Crippen molar-refractivity contribution in [3.05, 3.63) is 40.8 Å². The lowest BCUT2D eigenvalue weighted by Gasteiger charge is -2.49. The molecule has 0 aliphatic heterocycles. The fraction of sp³-hybridized carbons (Fsp3) is 0.526. The quantitative estimate of drug-likeness (QED) is 0.293. The van der Waals surface area contributed by atoms with Gasteiger partial charge in [-0.25, -0.2) is 4.58 Å². The maximum absolute atomic E-state index is 9.75. The maximum Gasteiger partial charge on any atom is 0.673 e. The molecule has 1 unspecified atom stereocenters. The van der Waals surface area contributed by atoms with Crippen LogP contribution < -0.4 is 0 Å². The van der Waals surface area contributed by atoms with Crippen LogP contribution in [0.15, 0.2) is 35.2 Å². The van der Waals surface area contributed by atoms with Gasteiger partial charge in [0.05, 0.1) is 18.7 Å². The van der Waals surface area contributed by atoms with Gasteiger partial charge in [-0.3, -0.25) is 0 Å². The first-order chi connectivity index (χ1) is 12.3. The van der Waals surface area contributed by atoms with E-state index in [0.29, 0.717) is 0 Å². The monoisotopic (exact) mass is 419 g/mol. The lowest BCUT2D eigenvalue weighted by Crippen LogP contribution is -2.53. The van der Waals surface area contributed by atoms with E-state index >= 15 is 0 Å². The van der Waals surface area contributed by atoms with Crippen LogP contribution in [0.25, 0.3) is 5.57 Å². The number of halogens is 4. The summed E-state index contributed by atoms with van der Waals surface area (Å²) in [5.74, 6) is 0. The van der Waals surface area contributed by atoms with Crippen molar-refractivity contribution in [2.24, 2.45) is 0 Å². The van der Waals surface area contributed by atoms with Crippen LogP contribution >= 0.6 is 11.8 Å². The molecule has 0 aromatic heterocycles. The molecule has 0 spiro atoms. The van der Waals surface area contributed by atoms with E-state index in [2.05, 4.69) is 81.6 Å². The van der Waals surface area contributed by atoms with Crippen molar-refractivity contribution in [1.29, 1.82) is 0 Å². The molecule has 0 fully saturated rings. The normalized spacial score (nSPS) is 20.0. The van der Waals surface area contributed by atoms with Crippen molar-refractivity contribution in [2.45, 2.75) is 45.5 Å². The van der Waals surface area contributed by atoms with Gasteiger partial charge < -0.3 is 17.3 Å². The van der Waals surface area contributed by atoms with Gasteiger partial charge in [0.1, 0.15) is 13.1 Å². The first kappa shape index (κ1) is 24.0. The van der Waals surface area contributed by atoms with Crippen LogP contribution in [-0.4, -0.2) is 45.0 Å². The lowest BCUT2D eigenvalue weighted by atomic mass is 9.79. The van der Waals surface area contributed by atoms with Gasteiger partial charge in [0, 0.05) is 4.91 Å². The Morgan fingerprint density at radius 2 is 1.44 bits per heavy atom. The number of allylic oxidation sites excluding steroid dienone is 2. The lowest BCUT2D eigenvalue weighted by molar-refractivity contribution is -0.521. The smallest absolute Gasteiger partial charge is 0.418 e. The average Bonchev–Trinajstić information content (AvgIpc) is 2.55. The Hall–Kier alpha value is -1.02. The van der Waals surface area contributed by atoms with Gasteiger partial charge in [-0.15, -0.1) is 11.8 Å². The predicted molar refractivity (Wildman–Crippen MR) is 115 cm³/mol. The van der Waals surface area contributed by atoms with Crippen molar-refractivity contribution < 1.29 is 21.8 Å². The zero-order chi connectivity index (χ0) is 21.0. The number of hydrogen-bond donors (Lipinski definition) is 0. The van der Waals surface area contributed by atoms with Gasteiger partial charge in [-0.1, -0.05) is 50.0 Å². The van der Waals surface area contributed by atoms with Crippen LogP contribution in [0.1, 0.15) is 26.3 Å². The Labute approximate surface area is 166 Å². The number of rotatable bonds is 5. The second-order valence-electron chi connectivity index (χ2n) is 7.67. The molecule has 152 valence electrons. The molecule has 1 aromatic rings. The van der Waals surface area contributed by atoms with Crippen molar-refractivity contribution in [3.8, 4) is 0 Å². The first-order valence-electron chi connectivity index (χ1n) is 9.17. The Morgan fingerprint density at radius 3 is 1.78 bits per heavy atom. The average molecular weight is 419 g/mol. The molecular formula is C19H30BF4NSSi. The summed E-state index contributed by atoms with van der Waals surface area (Å²) in [7, 11) is -7.37. The van der Waals surface area contributed by atoms with Crippen LogP contribution in [0.2, 0.25) is 24.7 Å². The van der Waals surface area contributed by atoms with Crippen LogP contribution in [0.3, 0.4) is 0 Å². The van der Waals surface area contributed by atoms with Crippen LogP contribution in [-0.2, 0) is 0 Å². The van der Waals surface area contributed by atoms with E-state index in [1.54, 1.807) is 10.6 Å². The maximum atomic E-state index is 9.75. The van der Waals surface area contributed by atoms with Crippen molar-refractivity contribution in [1.82, 2.24) is 0 Å². The third-order valence-electron chi connectivity index (χ3n) is 5.24. The molecule has 1 aromatic carbocycles. The summed E-state index contributed by atoms with van der Waals surface area (Å²) >= 11 is 1.96. The highest BCUT2D eigenvalue weighted by Crippen LogP contribution is 2.62. The van der Waals surface area contributed by atoms with E-state index in [4.69, 9.17) is 0 Å². The molecule has 0 N–H and O–H groups in total. The van der Waals surface area contributed by atoms with Crippen LogP contribution in [0, 0.1) is 0 Å². The van der Waals surface area contributed by atoms with Gasteiger partial charge >= 0.3 is 7.25 Å². The fourth-order valence-corrected chi connectivity index (χ4v) is 7.49. The molecule has 8 heteroatoms. The largest absolute Gasteiger partial charge is 0.673 e. The molecule has 0 bridgehead atoms. The van der Waals surface area contributed by atoms with Crippen LogP contribution in [0.5, 0.6) is 0 Å². The second-order valence-corrected chi connectivity index (χ2v) is 14.0. The molecule has 0 saturated heterocycles. The summed E-state index contributed by atoms with van der Waals surface area (Å²) < 4.78 is 41.6. The van der Waals surface area contributed by atoms with Crippen molar-refractivity contribution >= 4 is 38.4 Å². The number of hydrogen-bond acceptors (Lipinski definition) is 1. The highest BCUT2D eigenvalue weighted by atomic mass is 32.2. The summed E-state index contributed by atoms with van der Waals surface area (Å²) in [6.07, 6.45) is 2.25. The third-order valence-corrected chi connectivity index (χ3v) is 9.93. The fourth-order valence-electron chi connectivity index (χ4n) is 3.54. The summed E-state index contributed by atoms with van der Waals surface area (Å²) in [5.41, 5.74) is 4.47. The van der Waals surface area contributed by atoms with Gasteiger partial charge in [0.25, 0.3) is 0 Å². The van der Waals surface area contributed by atoms with Gasteiger partial charge in [0.15, 0.2) is 5.71 Å². The highest BCUT2D eigenvalue weighted by molar-refractivity contribution is 8.03. The number of thioether (sulfide) groups is 1. The second kappa shape index (κ2) is 8.99. The highest BCUT2D eigenvalue weighted by Gasteiger charge is 2.60. The van der Waals surface area contributed by atoms with E-state index in [0.717, 1.165) is 13.1 Å². The van der Waals surface area contributed by atoms with E-state index < -0.39 is 15.3 Å². The minimum Gasteiger partial charge on any atom is -0.418 e. The molecule has 1 aliphatic carbocycles. The molecule has 0 heterocycles. The minimum atomic E-state index is -6.00. The van der Waals surface area contributed by atoms with E-state index in [1.165, 1.54) is 11.1 Å². The standard InChI is InChI=1S/C19H30NSSi.BF4/c1-8-20(9-2)17-16(15-13-11-10-12-14-15)18(21-4)19(17,3)22(5,6)7;2-1(3,4)5/h10-14H,8-9H2,1-7H3;/q+1;-1. The molecule has 1 aliphatic rings. The molecule has 0 amide bonds. The molecule has 0 radical (unpaired) electrons. The molecule has 27 heavy (non-hydrogen) atoms. The zero-order valence-electron chi connectivity index (χ0n) is 17.2. The van der Waals surface area contributed by atoms with E-state index in [1.807, 2.05) is 11.8 Å². The topological polar surface area (TPSA) is 3.01 Å². The summed E-state index contributed by atoms with van der Waals surface area (Å²) in [6, 6.07) is 10.9.